The predicted octanol–water partition coefficient (Wildman–Crippen LogP) is 2.64. The molecule has 1 saturated carbocycles. The number of carboxylic acid groups (broad SMARTS) is 1. The minimum absolute atomic E-state index is 0.233. The molecule has 0 aliphatic heterocycles. The van der Waals surface area contributed by atoms with Gasteiger partial charge in [0.15, 0.2) is 5.82 Å². The summed E-state index contributed by atoms with van der Waals surface area (Å²) in [5.41, 5.74) is 1.10. The first-order valence-corrected chi connectivity index (χ1v) is 7.47. The van der Waals surface area contributed by atoms with E-state index in [4.69, 9.17) is 9.63 Å². The van der Waals surface area contributed by atoms with E-state index in [0.717, 1.165) is 37.1 Å². The van der Waals surface area contributed by atoms with Crippen molar-refractivity contribution >= 4 is 5.97 Å². The van der Waals surface area contributed by atoms with Gasteiger partial charge in [0.25, 0.3) is 0 Å². The van der Waals surface area contributed by atoms with Crippen LogP contribution in [0, 0.1) is 6.92 Å². The number of carbonyl (C=O) groups is 1. The van der Waals surface area contributed by atoms with E-state index in [1.807, 2.05) is 12.1 Å². The van der Waals surface area contributed by atoms with E-state index in [1.54, 1.807) is 19.1 Å². The van der Waals surface area contributed by atoms with Gasteiger partial charge in [-0.05, 0) is 30.5 Å². The zero-order valence-corrected chi connectivity index (χ0v) is 12.5. The van der Waals surface area contributed by atoms with Crippen molar-refractivity contribution in [1.29, 1.82) is 0 Å². The van der Waals surface area contributed by atoms with Gasteiger partial charge in [0.1, 0.15) is 0 Å². The summed E-state index contributed by atoms with van der Waals surface area (Å²) < 4.78 is 5.13. The lowest BCUT2D eigenvalue weighted by Gasteiger charge is -2.27. The number of hydrogen-bond donors (Lipinski definition) is 2. The van der Waals surface area contributed by atoms with Crippen LogP contribution in [0.25, 0.3) is 0 Å². The third kappa shape index (κ3) is 2.87. The van der Waals surface area contributed by atoms with Crippen LogP contribution in [-0.2, 0) is 12.1 Å². The van der Waals surface area contributed by atoms with Crippen LogP contribution < -0.4 is 5.32 Å². The van der Waals surface area contributed by atoms with Gasteiger partial charge in [-0.25, -0.2) is 4.79 Å². The standard InChI is InChI=1S/C16H19N3O3/c1-11-18-15(19-22-11)16(8-2-3-9-16)17-10-12-4-6-13(7-5-12)14(20)21/h4-7,17H,2-3,8-10H2,1H3,(H,20,21). The molecule has 2 N–H and O–H groups in total. The molecule has 1 fully saturated rings. The highest BCUT2D eigenvalue weighted by Gasteiger charge is 2.39. The summed E-state index contributed by atoms with van der Waals surface area (Å²) in [5, 5.41) is 16.6. The Morgan fingerprint density at radius 2 is 2.00 bits per heavy atom. The maximum absolute atomic E-state index is 10.9. The Morgan fingerprint density at radius 1 is 1.32 bits per heavy atom. The summed E-state index contributed by atoms with van der Waals surface area (Å²) in [5.74, 6) is 0.396. The number of aryl methyl sites for hydroxylation is 1. The van der Waals surface area contributed by atoms with Gasteiger partial charge in [0, 0.05) is 13.5 Å². The first kappa shape index (κ1) is 14.7. The fraction of sp³-hybridized carbons (Fsp3) is 0.438. The van der Waals surface area contributed by atoms with Crippen LogP contribution in [0.15, 0.2) is 28.8 Å². The molecule has 6 heteroatoms. The predicted molar refractivity (Wildman–Crippen MR) is 79.4 cm³/mol. The maximum atomic E-state index is 10.9. The summed E-state index contributed by atoms with van der Waals surface area (Å²) in [4.78, 5) is 15.3. The van der Waals surface area contributed by atoms with Gasteiger partial charge in [-0.1, -0.05) is 30.1 Å². The molecule has 0 bridgehead atoms. The number of aromatic nitrogens is 2. The van der Waals surface area contributed by atoms with Crippen LogP contribution in [-0.4, -0.2) is 21.2 Å². The maximum Gasteiger partial charge on any atom is 0.335 e. The first-order valence-electron chi connectivity index (χ1n) is 7.47. The molecule has 0 amide bonds. The molecule has 3 rings (SSSR count). The molecule has 1 heterocycles. The molecule has 0 atom stereocenters. The molecule has 1 aliphatic carbocycles. The van der Waals surface area contributed by atoms with Crippen molar-refractivity contribution < 1.29 is 14.4 Å². The van der Waals surface area contributed by atoms with Gasteiger partial charge in [0.05, 0.1) is 11.1 Å². The Balaban J connectivity index is 1.73. The lowest BCUT2D eigenvalue weighted by Crippen LogP contribution is -2.40. The molecule has 1 aromatic carbocycles. The van der Waals surface area contributed by atoms with Crippen molar-refractivity contribution in [3.63, 3.8) is 0 Å². The van der Waals surface area contributed by atoms with Crippen molar-refractivity contribution in [3.05, 3.63) is 47.1 Å². The molecule has 0 radical (unpaired) electrons. The second kappa shape index (κ2) is 5.88. The number of hydrogen-bond acceptors (Lipinski definition) is 5. The molecule has 0 spiro atoms. The lowest BCUT2D eigenvalue weighted by molar-refractivity contribution is 0.0697. The zero-order chi connectivity index (χ0) is 15.6. The van der Waals surface area contributed by atoms with Gasteiger partial charge in [-0.15, -0.1) is 0 Å². The van der Waals surface area contributed by atoms with E-state index in [-0.39, 0.29) is 5.54 Å². The van der Waals surface area contributed by atoms with Crippen molar-refractivity contribution in [2.75, 3.05) is 0 Å². The fourth-order valence-corrected chi connectivity index (χ4v) is 2.99. The summed E-state index contributed by atoms with van der Waals surface area (Å²) >= 11 is 0. The second-order valence-electron chi connectivity index (χ2n) is 5.78. The fourth-order valence-electron chi connectivity index (χ4n) is 2.99. The Bertz CT molecular complexity index is 658. The molecule has 1 aliphatic rings. The minimum atomic E-state index is -0.908. The SMILES string of the molecule is Cc1nc(C2(NCc3ccc(C(=O)O)cc3)CCCC2)no1. The number of carboxylic acids is 1. The van der Waals surface area contributed by atoms with E-state index in [2.05, 4.69) is 15.5 Å². The zero-order valence-electron chi connectivity index (χ0n) is 12.5. The van der Waals surface area contributed by atoms with Crippen LogP contribution in [0.5, 0.6) is 0 Å². The summed E-state index contributed by atoms with van der Waals surface area (Å²) in [6.45, 7) is 2.44. The molecular weight excluding hydrogens is 282 g/mol. The molecule has 0 unspecified atom stereocenters. The number of nitrogens with zero attached hydrogens (tertiary/aromatic N) is 2. The second-order valence-corrected chi connectivity index (χ2v) is 5.78. The first-order chi connectivity index (χ1) is 10.6. The molecule has 1 aromatic heterocycles. The van der Waals surface area contributed by atoms with Gasteiger partial charge in [0.2, 0.25) is 5.89 Å². The van der Waals surface area contributed by atoms with Crippen LogP contribution in [0.3, 0.4) is 0 Å². The van der Waals surface area contributed by atoms with E-state index in [1.165, 1.54) is 0 Å². The quantitative estimate of drug-likeness (QED) is 0.882. The highest BCUT2D eigenvalue weighted by Crippen LogP contribution is 2.37. The third-order valence-electron chi connectivity index (χ3n) is 4.24. The number of rotatable bonds is 5. The van der Waals surface area contributed by atoms with Crippen molar-refractivity contribution in [2.24, 2.45) is 0 Å². The average Bonchev–Trinajstić information content (AvgIpc) is 3.15. The minimum Gasteiger partial charge on any atom is -0.478 e. The summed E-state index contributed by atoms with van der Waals surface area (Å²) in [6, 6.07) is 6.92. The highest BCUT2D eigenvalue weighted by atomic mass is 16.5. The molecule has 116 valence electrons. The lowest BCUT2D eigenvalue weighted by atomic mass is 9.96. The van der Waals surface area contributed by atoms with Crippen LogP contribution in [0.1, 0.15) is 53.3 Å². The van der Waals surface area contributed by atoms with Crippen molar-refractivity contribution in [3.8, 4) is 0 Å². The Hall–Kier alpha value is -2.21. The number of aromatic carboxylic acids is 1. The van der Waals surface area contributed by atoms with E-state index in [9.17, 15) is 4.79 Å². The Morgan fingerprint density at radius 3 is 2.55 bits per heavy atom. The van der Waals surface area contributed by atoms with Gasteiger partial charge < -0.3 is 14.9 Å². The van der Waals surface area contributed by atoms with Gasteiger partial charge in [-0.2, -0.15) is 4.98 Å². The third-order valence-corrected chi connectivity index (χ3v) is 4.24. The molecular formula is C16H19N3O3. The van der Waals surface area contributed by atoms with E-state index in [0.29, 0.717) is 18.0 Å². The number of benzene rings is 1. The Labute approximate surface area is 128 Å². The average molecular weight is 301 g/mol. The van der Waals surface area contributed by atoms with Crippen LogP contribution >= 0.6 is 0 Å². The smallest absolute Gasteiger partial charge is 0.335 e. The van der Waals surface area contributed by atoms with Crippen molar-refractivity contribution in [1.82, 2.24) is 15.5 Å². The Kier molecular flexibility index (Phi) is 3.94. The number of nitrogens with one attached hydrogen (secondary N) is 1. The normalized spacial score (nSPS) is 16.8. The summed E-state index contributed by atoms with van der Waals surface area (Å²) in [7, 11) is 0. The topological polar surface area (TPSA) is 88.2 Å². The molecule has 0 saturated heterocycles. The van der Waals surface area contributed by atoms with Crippen LogP contribution in [0.4, 0.5) is 0 Å². The molecule has 2 aromatic rings. The monoisotopic (exact) mass is 301 g/mol. The molecule has 6 nitrogen and oxygen atoms in total. The highest BCUT2D eigenvalue weighted by molar-refractivity contribution is 5.87. The van der Waals surface area contributed by atoms with Gasteiger partial charge in [-0.3, -0.25) is 0 Å². The van der Waals surface area contributed by atoms with E-state index >= 15 is 0 Å². The molecule has 22 heavy (non-hydrogen) atoms. The largest absolute Gasteiger partial charge is 0.478 e. The van der Waals surface area contributed by atoms with Gasteiger partial charge >= 0.3 is 5.97 Å². The van der Waals surface area contributed by atoms with Crippen molar-refractivity contribution in [2.45, 2.75) is 44.7 Å². The van der Waals surface area contributed by atoms with E-state index < -0.39 is 5.97 Å². The summed E-state index contributed by atoms with van der Waals surface area (Å²) in [6.07, 6.45) is 4.25. The van der Waals surface area contributed by atoms with Crippen LogP contribution in [0.2, 0.25) is 0 Å².